The van der Waals surface area contributed by atoms with Gasteiger partial charge in [-0.1, -0.05) is 25.5 Å². The molecule has 0 aromatic rings. The highest BCUT2D eigenvalue weighted by atomic mass is 32.1. The lowest BCUT2D eigenvalue weighted by atomic mass is 9.59. The molecule has 2 aliphatic rings. The number of rotatable bonds is 2. The minimum Gasteiger partial charge on any atom is -0.226 e. The highest BCUT2D eigenvalue weighted by molar-refractivity contribution is 7.78. The Kier molecular flexibility index (Phi) is 4.08. The van der Waals surface area contributed by atoms with E-state index in [9.17, 15) is 0 Å². The lowest BCUT2D eigenvalue weighted by molar-refractivity contribution is 0.0955. The molecule has 1 fully saturated rings. The normalized spacial score (nSPS) is 39.8. The van der Waals surface area contributed by atoms with Gasteiger partial charge < -0.3 is 0 Å². The Bertz CT molecular complexity index is 392. The summed E-state index contributed by atoms with van der Waals surface area (Å²) in [6, 6.07) is 0. The summed E-state index contributed by atoms with van der Waals surface area (Å²) in [6.45, 7) is 9.31. The standard InChI is InChI=1S/C16H25NS/c1-11(2)13-6-5-12(3)14-7-8-16(4,17-10-18)9-15(13)14/h5,11,13-15H,6-9H2,1-4H3. The summed E-state index contributed by atoms with van der Waals surface area (Å²) in [4.78, 5) is 4.47. The van der Waals surface area contributed by atoms with E-state index in [0.717, 1.165) is 30.1 Å². The van der Waals surface area contributed by atoms with E-state index in [1.54, 1.807) is 5.57 Å². The fourth-order valence-electron chi connectivity index (χ4n) is 4.07. The van der Waals surface area contributed by atoms with Gasteiger partial charge in [-0.05, 0) is 75.4 Å². The summed E-state index contributed by atoms with van der Waals surface area (Å²) in [5, 5.41) is 2.62. The number of hydrogen-bond acceptors (Lipinski definition) is 2. The predicted molar refractivity (Wildman–Crippen MR) is 81.0 cm³/mol. The monoisotopic (exact) mass is 263 g/mol. The molecular formula is C16H25NS. The number of isothiocyanates is 1. The fourth-order valence-corrected chi connectivity index (χ4v) is 4.29. The van der Waals surface area contributed by atoms with E-state index >= 15 is 0 Å². The zero-order chi connectivity index (χ0) is 13.3. The van der Waals surface area contributed by atoms with Crippen molar-refractivity contribution in [1.82, 2.24) is 0 Å². The predicted octanol–water partition coefficient (Wildman–Crippen LogP) is 4.89. The molecule has 2 aliphatic carbocycles. The second kappa shape index (κ2) is 5.27. The van der Waals surface area contributed by atoms with Crippen molar-refractivity contribution in [3.05, 3.63) is 11.6 Å². The Labute approximate surface area is 117 Å². The third-order valence-electron chi connectivity index (χ3n) is 5.20. The molecule has 0 amide bonds. The SMILES string of the molecule is CC1=CCC(C(C)C)C2CC(C)(N=C=S)CCC12. The van der Waals surface area contributed by atoms with Gasteiger partial charge in [-0.25, -0.2) is 4.99 Å². The van der Waals surface area contributed by atoms with Crippen molar-refractivity contribution >= 4 is 17.4 Å². The van der Waals surface area contributed by atoms with Gasteiger partial charge in [-0.2, -0.15) is 0 Å². The fraction of sp³-hybridized carbons (Fsp3) is 0.812. The molecule has 0 saturated heterocycles. The second-order valence-electron chi connectivity index (χ2n) is 6.80. The zero-order valence-corrected chi connectivity index (χ0v) is 12.9. The van der Waals surface area contributed by atoms with Gasteiger partial charge in [0.25, 0.3) is 0 Å². The zero-order valence-electron chi connectivity index (χ0n) is 12.1. The van der Waals surface area contributed by atoms with Crippen LogP contribution in [0.2, 0.25) is 0 Å². The number of hydrogen-bond donors (Lipinski definition) is 0. The van der Waals surface area contributed by atoms with Crippen LogP contribution in [0.25, 0.3) is 0 Å². The molecule has 0 bridgehead atoms. The number of aliphatic imine (C=N–C) groups is 1. The van der Waals surface area contributed by atoms with E-state index in [4.69, 9.17) is 12.2 Å². The van der Waals surface area contributed by atoms with E-state index in [2.05, 4.69) is 43.9 Å². The highest BCUT2D eigenvalue weighted by Gasteiger charge is 2.43. The molecule has 2 rings (SSSR count). The Morgan fingerprint density at radius 3 is 2.83 bits per heavy atom. The molecule has 0 aromatic heterocycles. The molecular weight excluding hydrogens is 238 g/mol. The van der Waals surface area contributed by atoms with Gasteiger partial charge >= 0.3 is 0 Å². The topological polar surface area (TPSA) is 12.4 Å². The van der Waals surface area contributed by atoms with Crippen molar-refractivity contribution in [1.29, 1.82) is 0 Å². The van der Waals surface area contributed by atoms with E-state index < -0.39 is 0 Å². The van der Waals surface area contributed by atoms with E-state index in [-0.39, 0.29) is 5.54 Å². The third-order valence-corrected chi connectivity index (χ3v) is 5.30. The largest absolute Gasteiger partial charge is 0.226 e. The second-order valence-corrected chi connectivity index (χ2v) is 6.99. The lowest BCUT2D eigenvalue weighted by Gasteiger charge is -2.47. The van der Waals surface area contributed by atoms with Crippen molar-refractivity contribution in [2.24, 2.45) is 28.7 Å². The molecule has 0 aliphatic heterocycles. The molecule has 0 spiro atoms. The van der Waals surface area contributed by atoms with Crippen molar-refractivity contribution in [2.75, 3.05) is 0 Å². The van der Waals surface area contributed by atoms with Crippen LogP contribution in [-0.2, 0) is 0 Å². The smallest absolute Gasteiger partial charge is 0.0686 e. The van der Waals surface area contributed by atoms with Gasteiger partial charge in [0.15, 0.2) is 0 Å². The van der Waals surface area contributed by atoms with Crippen LogP contribution in [0.3, 0.4) is 0 Å². The number of thiocarbonyl (C=S) groups is 1. The molecule has 4 atom stereocenters. The van der Waals surface area contributed by atoms with Crippen molar-refractivity contribution in [3.63, 3.8) is 0 Å². The minimum atomic E-state index is 0.0493. The Morgan fingerprint density at radius 2 is 2.22 bits per heavy atom. The first kappa shape index (κ1) is 14.0. The van der Waals surface area contributed by atoms with Crippen molar-refractivity contribution in [2.45, 2.75) is 58.9 Å². The molecule has 0 aromatic carbocycles. The van der Waals surface area contributed by atoms with E-state index in [1.165, 1.54) is 19.3 Å². The van der Waals surface area contributed by atoms with E-state index in [1.807, 2.05) is 0 Å². The quantitative estimate of drug-likeness (QED) is 0.393. The molecule has 0 radical (unpaired) electrons. The average Bonchev–Trinajstić information content (AvgIpc) is 2.28. The summed E-state index contributed by atoms with van der Waals surface area (Å²) in [7, 11) is 0. The van der Waals surface area contributed by atoms with E-state index in [0.29, 0.717) is 0 Å². The van der Waals surface area contributed by atoms with Crippen LogP contribution in [0.4, 0.5) is 0 Å². The molecule has 4 unspecified atom stereocenters. The summed E-state index contributed by atoms with van der Waals surface area (Å²) in [5.74, 6) is 3.17. The van der Waals surface area contributed by atoms with Crippen LogP contribution in [0.5, 0.6) is 0 Å². The molecule has 1 nitrogen and oxygen atoms in total. The van der Waals surface area contributed by atoms with Crippen molar-refractivity contribution < 1.29 is 0 Å². The van der Waals surface area contributed by atoms with Gasteiger partial charge in [0.2, 0.25) is 0 Å². The first-order valence-electron chi connectivity index (χ1n) is 7.22. The Morgan fingerprint density at radius 1 is 1.50 bits per heavy atom. The van der Waals surface area contributed by atoms with Gasteiger partial charge in [-0.15, -0.1) is 0 Å². The van der Waals surface area contributed by atoms with Gasteiger partial charge in [-0.3, -0.25) is 0 Å². The van der Waals surface area contributed by atoms with Crippen LogP contribution >= 0.6 is 12.2 Å². The van der Waals surface area contributed by atoms with Crippen LogP contribution < -0.4 is 0 Å². The summed E-state index contributed by atoms with van der Waals surface area (Å²) < 4.78 is 0. The highest BCUT2D eigenvalue weighted by Crippen LogP contribution is 2.50. The van der Waals surface area contributed by atoms with Crippen molar-refractivity contribution in [3.8, 4) is 0 Å². The first-order valence-corrected chi connectivity index (χ1v) is 7.63. The summed E-state index contributed by atoms with van der Waals surface area (Å²) in [6.07, 6.45) is 7.36. The maximum absolute atomic E-state index is 4.83. The van der Waals surface area contributed by atoms with Crippen LogP contribution in [0, 0.1) is 23.7 Å². The molecule has 1 saturated carbocycles. The lowest BCUT2D eigenvalue weighted by Crippen LogP contribution is -2.42. The maximum atomic E-state index is 4.83. The number of fused-ring (bicyclic) bond motifs is 1. The Balaban J connectivity index is 2.25. The van der Waals surface area contributed by atoms with Crippen LogP contribution in [0.15, 0.2) is 16.6 Å². The summed E-state index contributed by atoms with van der Waals surface area (Å²) >= 11 is 4.83. The number of nitrogens with zero attached hydrogens (tertiary/aromatic N) is 1. The summed E-state index contributed by atoms with van der Waals surface area (Å²) in [5.41, 5.74) is 1.67. The van der Waals surface area contributed by atoms with Crippen LogP contribution in [-0.4, -0.2) is 10.7 Å². The van der Waals surface area contributed by atoms with Crippen LogP contribution in [0.1, 0.15) is 53.4 Å². The first-order chi connectivity index (χ1) is 8.47. The minimum absolute atomic E-state index is 0.0493. The van der Waals surface area contributed by atoms with Gasteiger partial charge in [0.05, 0.1) is 10.7 Å². The number of allylic oxidation sites excluding steroid dienone is 2. The average molecular weight is 263 g/mol. The Hall–Kier alpha value is -0.460. The van der Waals surface area contributed by atoms with Gasteiger partial charge in [0.1, 0.15) is 0 Å². The molecule has 2 heteroatoms. The molecule has 100 valence electrons. The third kappa shape index (κ3) is 2.60. The molecule has 0 heterocycles. The molecule has 18 heavy (non-hydrogen) atoms. The van der Waals surface area contributed by atoms with Gasteiger partial charge in [0, 0.05) is 0 Å². The maximum Gasteiger partial charge on any atom is 0.0686 e. The molecule has 0 N–H and O–H groups in total.